The fraction of sp³-hybridized carbons (Fsp3) is 0.222. The van der Waals surface area contributed by atoms with Crippen LogP contribution in [0.25, 0.3) is 22.5 Å². The second-order valence-electron chi connectivity index (χ2n) is 8.90. The summed E-state index contributed by atoms with van der Waals surface area (Å²) in [6, 6.07) is 18.1. The Labute approximate surface area is 207 Å². The molecule has 0 fully saturated rings. The Bertz CT molecular complexity index is 1530. The minimum atomic E-state index is -0.0648. The largest absolute Gasteiger partial charge is 0.441 e. The number of nitrogens with one attached hydrogen (secondary N) is 2. The smallest absolute Gasteiger partial charge is 0.226 e. The van der Waals surface area contributed by atoms with Crippen LogP contribution in [0.4, 0.5) is 11.5 Å². The number of para-hydroxylation sites is 1. The molecule has 4 heterocycles. The number of aromatic nitrogens is 5. The maximum absolute atomic E-state index is 12.7. The highest BCUT2D eigenvalue weighted by Crippen LogP contribution is 2.42. The molecule has 36 heavy (non-hydrogen) atoms. The highest BCUT2D eigenvalue weighted by molar-refractivity contribution is 5.90. The van der Waals surface area contributed by atoms with Gasteiger partial charge in [-0.1, -0.05) is 36.4 Å². The molecule has 9 heteroatoms. The Morgan fingerprint density at radius 3 is 2.86 bits per heavy atom. The normalized spacial score (nSPS) is 14.8. The van der Waals surface area contributed by atoms with Crippen LogP contribution in [0.15, 0.2) is 71.5 Å². The average Bonchev–Trinajstić information content (AvgIpc) is 3.62. The van der Waals surface area contributed by atoms with E-state index < -0.39 is 0 Å². The average molecular weight is 480 g/mol. The van der Waals surface area contributed by atoms with Gasteiger partial charge >= 0.3 is 0 Å². The van der Waals surface area contributed by atoms with Gasteiger partial charge in [0.15, 0.2) is 5.65 Å². The van der Waals surface area contributed by atoms with Crippen molar-refractivity contribution in [2.45, 2.75) is 25.7 Å². The second kappa shape index (κ2) is 9.26. The molecule has 9 nitrogen and oxygen atoms in total. The number of carbonyl (C=O) groups excluding carboxylic acids is 1. The van der Waals surface area contributed by atoms with E-state index >= 15 is 0 Å². The van der Waals surface area contributed by atoms with Crippen molar-refractivity contribution < 1.29 is 9.21 Å². The van der Waals surface area contributed by atoms with E-state index in [1.54, 1.807) is 12.5 Å². The summed E-state index contributed by atoms with van der Waals surface area (Å²) in [4.78, 5) is 28.3. The Balaban J connectivity index is 1.11. The number of hydrogen-bond donors (Lipinski definition) is 2. The van der Waals surface area contributed by atoms with Crippen molar-refractivity contribution in [2.24, 2.45) is 0 Å². The molecule has 2 N–H and O–H groups in total. The number of amides is 1. The summed E-state index contributed by atoms with van der Waals surface area (Å²) in [6.07, 6.45) is 4.32. The Hall–Kier alpha value is -4.53. The van der Waals surface area contributed by atoms with Crippen LogP contribution in [0, 0.1) is 6.92 Å². The summed E-state index contributed by atoms with van der Waals surface area (Å²) < 4.78 is 5.79. The number of anilines is 2. The summed E-state index contributed by atoms with van der Waals surface area (Å²) in [7, 11) is 0. The number of H-pyrrole nitrogens is 1. The van der Waals surface area contributed by atoms with Crippen molar-refractivity contribution in [3.8, 4) is 11.5 Å². The van der Waals surface area contributed by atoms with Gasteiger partial charge in [0, 0.05) is 30.3 Å². The van der Waals surface area contributed by atoms with E-state index in [4.69, 9.17) is 4.42 Å². The summed E-state index contributed by atoms with van der Waals surface area (Å²) in [6.45, 7) is 3.19. The van der Waals surface area contributed by atoms with Crippen LogP contribution in [0.5, 0.6) is 0 Å². The van der Waals surface area contributed by atoms with Gasteiger partial charge in [-0.15, -0.1) is 0 Å². The van der Waals surface area contributed by atoms with Gasteiger partial charge in [-0.25, -0.2) is 15.0 Å². The lowest BCUT2D eigenvalue weighted by molar-refractivity contribution is -0.120. The van der Waals surface area contributed by atoms with E-state index in [9.17, 15) is 4.79 Å². The van der Waals surface area contributed by atoms with Crippen molar-refractivity contribution in [1.82, 2.24) is 30.5 Å². The molecule has 1 atom stereocenters. The summed E-state index contributed by atoms with van der Waals surface area (Å²) >= 11 is 0. The standard InChI is InChI=1S/C27H25N7O2/c1-17-22(32-27(36-17)18-7-3-2-4-8-18)13-24(35)28-12-11-19-15-34(23-10-6-5-9-20(19)23)26-21-14-31-33-25(21)29-16-30-26/h2-10,14,16,19H,11-13,15H2,1H3,(H,28,35)(H,29,30,31,33). The third kappa shape index (κ3) is 4.08. The summed E-state index contributed by atoms with van der Waals surface area (Å²) in [5, 5.41) is 11.0. The Morgan fingerprint density at radius 2 is 1.97 bits per heavy atom. The number of fused-ring (bicyclic) bond motifs is 2. The molecule has 1 aliphatic heterocycles. The zero-order chi connectivity index (χ0) is 24.5. The first-order valence-electron chi connectivity index (χ1n) is 12.0. The van der Waals surface area contributed by atoms with Gasteiger partial charge in [0.25, 0.3) is 0 Å². The third-order valence-electron chi connectivity index (χ3n) is 6.61. The first-order chi connectivity index (χ1) is 17.7. The number of aryl methyl sites for hydroxylation is 1. The minimum Gasteiger partial charge on any atom is -0.441 e. The molecule has 2 aromatic carbocycles. The van der Waals surface area contributed by atoms with E-state index in [-0.39, 0.29) is 18.2 Å². The Kier molecular flexibility index (Phi) is 5.65. The van der Waals surface area contributed by atoms with Crippen LogP contribution >= 0.6 is 0 Å². The molecule has 180 valence electrons. The molecule has 0 radical (unpaired) electrons. The molecule has 0 bridgehead atoms. The van der Waals surface area contributed by atoms with E-state index in [1.165, 1.54) is 5.56 Å². The first kappa shape index (κ1) is 22.0. The van der Waals surface area contributed by atoms with Gasteiger partial charge in [0.1, 0.15) is 17.9 Å². The highest BCUT2D eigenvalue weighted by Gasteiger charge is 2.31. The maximum Gasteiger partial charge on any atom is 0.226 e. The fourth-order valence-electron chi connectivity index (χ4n) is 4.81. The van der Waals surface area contributed by atoms with Crippen molar-refractivity contribution in [1.29, 1.82) is 0 Å². The molecule has 0 aliphatic carbocycles. The maximum atomic E-state index is 12.7. The number of rotatable bonds is 7. The van der Waals surface area contributed by atoms with Gasteiger partial charge < -0.3 is 14.6 Å². The zero-order valence-electron chi connectivity index (χ0n) is 19.8. The van der Waals surface area contributed by atoms with Crippen LogP contribution in [-0.2, 0) is 11.2 Å². The number of oxazole rings is 1. The van der Waals surface area contributed by atoms with E-state index in [2.05, 4.69) is 53.6 Å². The Morgan fingerprint density at radius 1 is 1.14 bits per heavy atom. The van der Waals surface area contributed by atoms with E-state index in [0.29, 0.717) is 29.5 Å². The van der Waals surface area contributed by atoms with Gasteiger partial charge in [-0.05, 0) is 37.1 Å². The molecule has 0 saturated carbocycles. The number of benzene rings is 2. The topological polar surface area (TPSA) is 113 Å². The molecule has 1 unspecified atom stereocenters. The van der Waals surface area contributed by atoms with Gasteiger partial charge in [-0.2, -0.15) is 5.10 Å². The second-order valence-corrected chi connectivity index (χ2v) is 8.90. The van der Waals surface area contributed by atoms with Crippen LogP contribution in [0.2, 0.25) is 0 Å². The fourth-order valence-corrected chi connectivity index (χ4v) is 4.81. The lowest BCUT2D eigenvalue weighted by Gasteiger charge is -2.19. The lowest BCUT2D eigenvalue weighted by atomic mass is 9.98. The van der Waals surface area contributed by atoms with Crippen LogP contribution in [0.1, 0.15) is 29.4 Å². The summed E-state index contributed by atoms with van der Waals surface area (Å²) in [5.41, 5.74) is 4.65. The monoisotopic (exact) mass is 479 g/mol. The predicted octanol–water partition coefficient (Wildman–Crippen LogP) is 4.30. The molecule has 6 rings (SSSR count). The molecular formula is C27H25N7O2. The van der Waals surface area contributed by atoms with Crippen LogP contribution in [-0.4, -0.2) is 44.1 Å². The number of hydrogen-bond acceptors (Lipinski definition) is 7. The molecule has 1 amide bonds. The van der Waals surface area contributed by atoms with E-state index in [1.807, 2.05) is 43.3 Å². The summed E-state index contributed by atoms with van der Waals surface area (Å²) in [5.74, 6) is 2.24. The molecule has 3 aromatic heterocycles. The van der Waals surface area contributed by atoms with Crippen molar-refractivity contribution in [3.05, 3.63) is 84.1 Å². The lowest BCUT2D eigenvalue weighted by Crippen LogP contribution is -2.28. The molecule has 5 aromatic rings. The van der Waals surface area contributed by atoms with Crippen molar-refractivity contribution in [3.63, 3.8) is 0 Å². The third-order valence-corrected chi connectivity index (χ3v) is 6.61. The molecular weight excluding hydrogens is 454 g/mol. The zero-order valence-corrected chi connectivity index (χ0v) is 19.8. The molecule has 1 aliphatic rings. The van der Waals surface area contributed by atoms with E-state index in [0.717, 1.165) is 35.4 Å². The molecule has 0 spiro atoms. The van der Waals surface area contributed by atoms with Gasteiger partial charge in [-0.3, -0.25) is 9.89 Å². The first-order valence-corrected chi connectivity index (χ1v) is 12.0. The number of carbonyl (C=O) groups is 1. The van der Waals surface area contributed by atoms with Crippen molar-refractivity contribution >= 4 is 28.4 Å². The minimum absolute atomic E-state index is 0.0648. The van der Waals surface area contributed by atoms with Gasteiger partial charge in [0.2, 0.25) is 11.8 Å². The predicted molar refractivity (Wildman–Crippen MR) is 136 cm³/mol. The number of nitrogens with zero attached hydrogens (tertiary/aromatic N) is 5. The molecule has 0 saturated heterocycles. The highest BCUT2D eigenvalue weighted by atomic mass is 16.4. The van der Waals surface area contributed by atoms with Crippen molar-refractivity contribution in [2.75, 3.05) is 18.0 Å². The number of aromatic amines is 1. The van der Waals surface area contributed by atoms with Crippen LogP contribution < -0.4 is 10.2 Å². The SMILES string of the molecule is Cc1oc(-c2ccccc2)nc1CC(=O)NCCC1CN(c2ncnc3[nH]ncc23)c2ccccc21. The quantitative estimate of drug-likeness (QED) is 0.358. The van der Waals surface area contributed by atoms with Gasteiger partial charge in [0.05, 0.1) is 23.7 Å². The van der Waals surface area contributed by atoms with Crippen LogP contribution in [0.3, 0.4) is 0 Å².